The van der Waals surface area contributed by atoms with Crippen LogP contribution < -0.4 is 0 Å². The number of alkyl halides is 3. The summed E-state index contributed by atoms with van der Waals surface area (Å²) in [5.74, 6) is -2.13. The van der Waals surface area contributed by atoms with E-state index in [0.29, 0.717) is 6.42 Å². The van der Waals surface area contributed by atoms with Gasteiger partial charge in [-0.3, -0.25) is 4.79 Å². The second-order valence-electron chi connectivity index (χ2n) is 6.07. The van der Waals surface area contributed by atoms with Gasteiger partial charge in [0, 0.05) is 25.2 Å². The molecule has 1 amide bonds. The molecular formula is C13H20F3N3O4S. The van der Waals surface area contributed by atoms with Crippen LogP contribution >= 0.6 is 0 Å². The lowest BCUT2D eigenvalue weighted by molar-refractivity contribution is -0.303. The van der Waals surface area contributed by atoms with Gasteiger partial charge in [0.25, 0.3) is 5.72 Å². The van der Waals surface area contributed by atoms with Crippen molar-refractivity contribution < 1.29 is 31.5 Å². The first-order chi connectivity index (χ1) is 10.9. The summed E-state index contributed by atoms with van der Waals surface area (Å²) in [6, 6.07) is 0. The molecule has 0 aromatic rings. The summed E-state index contributed by atoms with van der Waals surface area (Å²) >= 11 is 0. The maximum atomic E-state index is 13.2. The van der Waals surface area contributed by atoms with Crippen LogP contribution in [0.4, 0.5) is 13.2 Å². The lowest BCUT2D eigenvalue weighted by Crippen LogP contribution is -2.59. The van der Waals surface area contributed by atoms with Crippen molar-refractivity contribution in [3.05, 3.63) is 0 Å². The molecule has 2 heterocycles. The number of amides is 1. The predicted octanol–water partition coefficient (Wildman–Crippen LogP) is 0.907. The van der Waals surface area contributed by atoms with E-state index in [1.54, 1.807) is 0 Å². The van der Waals surface area contributed by atoms with Crippen molar-refractivity contribution in [2.75, 3.05) is 18.8 Å². The van der Waals surface area contributed by atoms with Gasteiger partial charge in [-0.15, -0.1) is 0 Å². The highest BCUT2D eigenvalue weighted by Crippen LogP contribution is 2.41. The molecule has 0 spiro atoms. The molecule has 0 saturated carbocycles. The number of aliphatic hydroxyl groups is 1. The van der Waals surface area contributed by atoms with Crippen LogP contribution in [0.25, 0.3) is 0 Å². The fraction of sp³-hybridized carbons (Fsp3) is 0.846. The van der Waals surface area contributed by atoms with Gasteiger partial charge in [-0.1, -0.05) is 0 Å². The van der Waals surface area contributed by atoms with Gasteiger partial charge in [0.05, 0.1) is 11.7 Å². The Balaban J connectivity index is 2.24. The average Bonchev–Trinajstić information content (AvgIpc) is 2.82. The monoisotopic (exact) mass is 371 g/mol. The summed E-state index contributed by atoms with van der Waals surface area (Å²) in [4.78, 5) is 12.5. The van der Waals surface area contributed by atoms with Gasteiger partial charge in [-0.25, -0.2) is 12.7 Å². The third-order valence-electron chi connectivity index (χ3n) is 4.28. The molecule has 24 heavy (non-hydrogen) atoms. The summed E-state index contributed by atoms with van der Waals surface area (Å²) < 4.78 is 64.5. The zero-order chi connectivity index (χ0) is 18.3. The number of hydrogen-bond donors (Lipinski definition) is 1. The Morgan fingerprint density at radius 1 is 1.46 bits per heavy atom. The van der Waals surface area contributed by atoms with E-state index >= 15 is 0 Å². The molecule has 11 heteroatoms. The Morgan fingerprint density at radius 3 is 2.62 bits per heavy atom. The largest absolute Gasteiger partial charge is 0.438 e. The molecule has 0 aromatic heterocycles. The number of hydrogen-bond acceptors (Lipinski definition) is 5. The number of hydrazone groups is 1. The van der Waals surface area contributed by atoms with Crippen molar-refractivity contribution in [3.8, 4) is 0 Å². The highest BCUT2D eigenvalue weighted by molar-refractivity contribution is 7.89. The quantitative estimate of drug-likeness (QED) is 0.798. The predicted molar refractivity (Wildman–Crippen MR) is 79.3 cm³/mol. The summed E-state index contributed by atoms with van der Waals surface area (Å²) in [7, 11) is -3.54. The second kappa shape index (κ2) is 6.26. The number of carbonyl (C=O) groups excluding carboxylic acids is 1. The Hall–Kier alpha value is -1.20. The van der Waals surface area contributed by atoms with Crippen molar-refractivity contribution in [1.82, 2.24) is 9.31 Å². The fourth-order valence-electron chi connectivity index (χ4n) is 2.92. The Labute approximate surface area is 138 Å². The van der Waals surface area contributed by atoms with E-state index in [1.807, 2.05) is 0 Å². The van der Waals surface area contributed by atoms with Gasteiger partial charge >= 0.3 is 6.18 Å². The highest BCUT2D eigenvalue weighted by Gasteiger charge is 2.63. The number of rotatable bonds is 3. The van der Waals surface area contributed by atoms with Crippen LogP contribution in [0.2, 0.25) is 0 Å². The summed E-state index contributed by atoms with van der Waals surface area (Å²) in [5.41, 5.74) is -3.39. The maximum absolute atomic E-state index is 13.2. The van der Waals surface area contributed by atoms with Gasteiger partial charge in [0.2, 0.25) is 15.9 Å². The SMILES string of the molecule is CCS(=O)(=O)N1CCC[C@H](C(=O)N2N=C(C)C[C@@]2(O)C(F)(F)F)C1. The number of carbonyl (C=O) groups is 1. The van der Waals surface area contributed by atoms with E-state index in [0.717, 1.165) is 4.31 Å². The molecule has 2 aliphatic heterocycles. The highest BCUT2D eigenvalue weighted by atomic mass is 32.2. The molecule has 0 aromatic carbocycles. The van der Waals surface area contributed by atoms with E-state index < -0.39 is 40.2 Å². The molecule has 0 aliphatic carbocycles. The third-order valence-corrected chi connectivity index (χ3v) is 6.13. The van der Waals surface area contributed by atoms with Gasteiger partial charge < -0.3 is 5.11 Å². The van der Waals surface area contributed by atoms with Gasteiger partial charge in [0.15, 0.2) is 0 Å². The van der Waals surface area contributed by atoms with Crippen molar-refractivity contribution in [3.63, 3.8) is 0 Å². The lowest BCUT2D eigenvalue weighted by Gasteiger charge is -2.37. The minimum atomic E-state index is -5.06. The Kier molecular flexibility index (Phi) is 4.99. The van der Waals surface area contributed by atoms with Crippen molar-refractivity contribution in [2.45, 2.75) is 45.0 Å². The second-order valence-corrected chi connectivity index (χ2v) is 8.33. The summed E-state index contributed by atoms with van der Waals surface area (Å²) in [5, 5.41) is 13.6. The van der Waals surface area contributed by atoms with Crippen LogP contribution in [0.3, 0.4) is 0 Å². The first kappa shape index (κ1) is 19.1. The molecule has 2 aliphatic rings. The molecule has 0 unspecified atom stereocenters. The molecule has 1 N–H and O–H groups in total. The van der Waals surface area contributed by atoms with Crippen LogP contribution in [0.15, 0.2) is 5.10 Å². The van der Waals surface area contributed by atoms with Crippen molar-refractivity contribution in [1.29, 1.82) is 0 Å². The zero-order valence-corrected chi connectivity index (χ0v) is 14.2. The van der Waals surface area contributed by atoms with Crippen LogP contribution in [0, 0.1) is 5.92 Å². The van der Waals surface area contributed by atoms with E-state index in [4.69, 9.17) is 0 Å². The number of halogens is 3. The van der Waals surface area contributed by atoms with Crippen LogP contribution in [-0.2, 0) is 14.8 Å². The van der Waals surface area contributed by atoms with Gasteiger partial charge in [-0.2, -0.15) is 23.3 Å². The van der Waals surface area contributed by atoms with Gasteiger partial charge in [0.1, 0.15) is 0 Å². The van der Waals surface area contributed by atoms with E-state index in [1.165, 1.54) is 13.8 Å². The van der Waals surface area contributed by atoms with Crippen molar-refractivity contribution >= 4 is 21.6 Å². The first-order valence-electron chi connectivity index (χ1n) is 7.57. The molecule has 138 valence electrons. The van der Waals surface area contributed by atoms with E-state index in [9.17, 15) is 31.5 Å². The molecule has 2 rings (SSSR count). The van der Waals surface area contributed by atoms with Crippen LogP contribution in [0.1, 0.15) is 33.1 Å². The standard InChI is InChI=1S/C13H20F3N3O4S/c1-3-24(22,23)18-6-4-5-10(8-18)11(20)19-12(21,13(14,15)16)7-9(2)17-19/h10,21H,3-8H2,1-2H3/t10-,12+/m0/s1. The van der Waals surface area contributed by atoms with Crippen LogP contribution in [-0.4, -0.2) is 65.2 Å². The topological polar surface area (TPSA) is 90.3 Å². The van der Waals surface area contributed by atoms with E-state index in [-0.39, 0.29) is 36.0 Å². The number of sulfonamides is 1. The molecule has 1 saturated heterocycles. The molecular weight excluding hydrogens is 351 g/mol. The number of nitrogens with zero attached hydrogens (tertiary/aromatic N) is 3. The van der Waals surface area contributed by atoms with Crippen molar-refractivity contribution in [2.24, 2.45) is 11.0 Å². The third kappa shape index (κ3) is 3.29. The molecule has 1 fully saturated rings. The zero-order valence-electron chi connectivity index (χ0n) is 13.4. The minimum Gasteiger partial charge on any atom is -0.362 e. The lowest BCUT2D eigenvalue weighted by atomic mass is 9.97. The average molecular weight is 371 g/mol. The fourth-order valence-corrected chi connectivity index (χ4v) is 4.10. The normalized spacial score (nSPS) is 29.7. The van der Waals surface area contributed by atoms with Gasteiger partial charge in [-0.05, 0) is 26.7 Å². The van der Waals surface area contributed by atoms with Crippen LogP contribution in [0.5, 0.6) is 0 Å². The number of piperidine rings is 1. The summed E-state index contributed by atoms with van der Waals surface area (Å²) in [6.45, 7) is 2.77. The first-order valence-corrected chi connectivity index (χ1v) is 9.18. The molecule has 0 radical (unpaired) electrons. The Morgan fingerprint density at radius 2 is 2.08 bits per heavy atom. The molecule has 0 bridgehead atoms. The summed E-state index contributed by atoms with van der Waals surface area (Å²) in [6.07, 6.45) is -5.27. The minimum absolute atomic E-state index is 0.0166. The maximum Gasteiger partial charge on any atom is 0.438 e. The molecule has 2 atom stereocenters. The Bertz CT molecular complexity index is 649. The smallest absolute Gasteiger partial charge is 0.362 e. The molecule has 7 nitrogen and oxygen atoms in total. The van der Waals surface area contributed by atoms with E-state index in [2.05, 4.69) is 5.10 Å².